The zero-order valence-corrected chi connectivity index (χ0v) is 16.4. The van der Waals surface area contributed by atoms with Crippen molar-refractivity contribution in [1.29, 1.82) is 0 Å². The number of unbranched alkanes of at least 4 members (excludes halogenated alkanes) is 1. The molecule has 1 aromatic heterocycles. The Morgan fingerprint density at radius 3 is 2.69 bits per heavy atom. The predicted octanol–water partition coefficient (Wildman–Crippen LogP) is 4.51. The van der Waals surface area contributed by atoms with Crippen LogP contribution in [0.25, 0.3) is 10.9 Å². The fourth-order valence-electron chi connectivity index (χ4n) is 3.38. The van der Waals surface area contributed by atoms with Crippen LogP contribution >= 0.6 is 11.6 Å². The smallest absolute Gasteiger partial charge is 0.323 e. The van der Waals surface area contributed by atoms with Crippen LogP contribution < -0.4 is 5.32 Å². The number of carbonyl (C=O) groups excluding carboxylic acids is 2. The van der Waals surface area contributed by atoms with Crippen molar-refractivity contribution in [3.63, 3.8) is 0 Å². The number of amides is 3. The topological polar surface area (TPSA) is 62.3 Å². The van der Waals surface area contributed by atoms with Crippen LogP contribution in [0.5, 0.6) is 0 Å². The molecule has 0 radical (unpaired) electrons. The molecule has 1 N–H and O–H groups in total. The normalized spacial score (nSPS) is 20.1. The van der Waals surface area contributed by atoms with Gasteiger partial charge >= 0.3 is 6.03 Å². The van der Waals surface area contributed by atoms with E-state index in [2.05, 4.69) is 17.2 Å². The average Bonchev–Trinajstić information content (AvgIpc) is 2.81. The van der Waals surface area contributed by atoms with Crippen molar-refractivity contribution < 1.29 is 9.59 Å². The zero-order valence-electron chi connectivity index (χ0n) is 15.6. The van der Waals surface area contributed by atoms with Crippen molar-refractivity contribution in [2.24, 2.45) is 0 Å². The molecule has 6 heteroatoms. The summed E-state index contributed by atoms with van der Waals surface area (Å²) in [5, 5.41) is 4.11. The Labute approximate surface area is 158 Å². The lowest BCUT2D eigenvalue weighted by atomic mass is 9.95. The number of rotatable bonds is 5. The number of urea groups is 1. The van der Waals surface area contributed by atoms with Crippen LogP contribution in [0, 0.1) is 13.8 Å². The monoisotopic (exact) mass is 373 g/mol. The fraction of sp³-hybridized carbons (Fsp3) is 0.450. The summed E-state index contributed by atoms with van der Waals surface area (Å²) in [7, 11) is 0. The van der Waals surface area contributed by atoms with Gasteiger partial charge in [0.15, 0.2) is 0 Å². The minimum absolute atomic E-state index is 0.126. The first-order chi connectivity index (χ1) is 12.3. The first-order valence-electron chi connectivity index (χ1n) is 8.96. The molecule has 0 saturated carbocycles. The van der Waals surface area contributed by atoms with Gasteiger partial charge in [0.25, 0.3) is 5.91 Å². The lowest BCUT2D eigenvalue weighted by Gasteiger charge is -2.21. The minimum atomic E-state index is -0.836. The first kappa shape index (κ1) is 18.6. The van der Waals surface area contributed by atoms with E-state index in [4.69, 9.17) is 11.6 Å². The Morgan fingerprint density at radius 2 is 2.00 bits per heavy atom. The van der Waals surface area contributed by atoms with Crippen molar-refractivity contribution in [3.05, 3.63) is 40.0 Å². The van der Waals surface area contributed by atoms with Gasteiger partial charge in [-0.25, -0.2) is 9.78 Å². The van der Waals surface area contributed by atoms with Crippen LogP contribution in [0.15, 0.2) is 18.2 Å². The van der Waals surface area contributed by atoms with Gasteiger partial charge in [0.05, 0.1) is 12.1 Å². The molecule has 0 spiro atoms. The van der Waals surface area contributed by atoms with E-state index in [-0.39, 0.29) is 18.5 Å². The molecule has 1 atom stereocenters. The second-order valence-corrected chi connectivity index (χ2v) is 7.63. The van der Waals surface area contributed by atoms with Gasteiger partial charge in [-0.2, -0.15) is 0 Å². The summed E-state index contributed by atoms with van der Waals surface area (Å²) in [6.45, 7) is 8.02. The summed E-state index contributed by atoms with van der Waals surface area (Å²) in [5.41, 5.74) is 2.92. The Bertz CT molecular complexity index is 896. The van der Waals surface area contributed by atoms with E-state index in [0.717, 1.165) is 34.9 Å². The third-order valence-electron chi connectivity index (χ3n) is 5.24. The number of aryl methyl sites for hydroxylation is 2. The third kappa shape index (κ3) is 3.16. The van der Waals surface area contributed by atoms with E-state index in [1.807, 2.05) is 32.0 Å². The minimum Gasteiger partial charge on any atom is -0.323 e. The summed E-state index contributed by atoms with van der Waals surface area (Å²) >= 11 is 6.38. The van der Waals surface area contributed by atoms with Gasteiger partial charge < -0.3 is 5.32 Å². The molecule has 1 aliphatic heterocycles. The lowest BCUT2D eigenvalue weighted by Crippen LogP contribution is -2.43. The Hall–Kier alpha value is -2.14. The van der Waals surface area contributed by atoms with Crippen molar-refractivity contribution in [1.82, 2.24) is 15.2 Å². The first-order valence-corrected chi connectivity index (χ1v) is 9.34. The fourth-order valence-corrected chi connectivity index (χ4v) is 3.57. The van der Waals surface area contributed by atoms with E-state index in [9.17, 15) is 9.59 Å². The number of carbonyl (C=O) groups is 2. The molecule has 2 aromatic rings. The summed E-state index contributed by atoms with van der Waals surface area (Å²) in [6.07, 6.45) is 2.48. The highest BCUT2D eigenvalue weighted by molar-refractivity contribution is 6.30. The number of fused-ring (bicyclic) bond motifs is 1. The maximum atomic E-state index is 12.8. The Balaban J connectivity index is 1.91. The standard InChI is InChI=1S/C20H24ClN3O2/c1-5-6-9-20(4)18(25)24(19(26)23-20)11-15-10-14-8-7-12(2)13(3)16(14)22-17(15)21/h7-8,10H,5-6,9,11H2,1-4H3,(H,23,26)/t20-/m1/s1. The maximum Gasteiger partial charge on any atom is 0.325 e. The molecule has 1 aromatic carbocycles. The number of nitrogens with one attached hydrogen (secondary N) is 1. The molecule has 2 heterocycles. The quantitative estimate of drug-likeness (QED) is 0.619. The molecular weight excluding hydrogens is 350 g/mol. The molecule has 5 nitrogen and oxygen atoms in total. The highest BCUT2D eigenvalue weighted by Gasteiger charge is 2.47. The second kappa shape index (κ2) is 6.88. The number of benzene rings is 1. The van der Waals surface area contributed by atoms with Gasteiger partial charge in [0.1, 0.15) is 10.7 Å². The third-order valence-corrected chi connectivity index (χ3v) is 5.57. The van der Waals surface area contributed by atoms with Gasteiger partial charge in [-0.05, 0) is 44.4 Å². The van der Waals surface area contributed by atoms with E-state index in [1.54, 1.807) is 6.92 Å². The van der Waals surface area contributed by atoms with Crippen molar-refractivity contribution in [3.8, 4) is 0 Å². The number of hydrogen-bond acceptors (Lipinski definition) is 3. The van der Waals surface area contributed by atoms with Gasteiger partial charge in [-0.3, -0.25) is 9.69 Å². The van der Waals surface area contributed by atoms with Crippen LogP contribution in [-0.4, -0.2) is 27.4 Å². The summed E-state index contributed by atoms with van der Waals surface area (Å²) in [6, 6.07) is 5.57. The van der Waals surface area contributed by atoms with Crippen molar-refractivity contribution >= 4 is 34.4 Å². The molecule has 1 saturated heterocycles. The number of hydrogen-bond donors (Lipinski definition) is 1. The summed E-state index contributed by atoms with van der Waals surface area (Å²) in [5.74, 6) is -0.202. The second-order valence-electron chi connectivity index (χ2n) is 7.27. The Kier molecular flexibility index (Phi) is 4.93. The number of pyridine rings is 1. The van der Waals surface area contributed by atoms with Gasteiger partial charge in [-0.15, -0.1) is 0 Å². The molecule has 3 rings (SSSR count). The molecule has 3 amide bonds. The lowest BCUT2D eigenvalue weighted by molar-refractivity contribution is -0.131. The maximum absolute atomic E-state index is 12.8. The van der Waals surface area contributed by atoms with Crippen molar-refractivity contribution in [2.45, 2.75) is 59.0 Å². The van der Waals surface area contributed by atoms with E-state index in [0.29, 0.717) is 17.1 Å². The number of halogens is 1. The summed E-state index contributed by atoms with van der Waals surface area (Å²) < 4.78 is 0. The number of nitrogens with zero attached hydrogens (tertiary/aromatic N) is 2. The molecular formula is C20H24ClN3O2. The van der Waals surface area contributed by atoms with Crippen LogP contribution in [0.1, 0.15) is 49.8 Å². The molecule has 0 bridgehead atoms. The van der Waals surface area contributed by atoms with Gasteiger partial charge in [0.2, 0.25) is 0 Å². The van der Waals surface area contributed by atoms with Gasteiger partial charge in [-0.1, -0.05) is 43.5 Å². The SMILES string of the molecule is CCCC[C@@]1(C)NC(=O)N(Cc2cc3ccc(C)c(C)c3nc2Cl)C1=O. The molecule has 0 aliphatic carbocycles. The van der Waals surface area contributed by atoms with Crippen LogP contribution in [-0.2, 0) is 11.3 Å². The highest BCUT2D eigenvalue weighted by atomic mass is 35.5. The molecule has 138 valence electrons. The average molecular weight is 374 g/mol. The highest BCUT2D eigenvalue weighted by Crippen LogP contribution is 2.29. The summed E-state index contributed by atoms with van der Waals surface area (Å²) in [4.78, 5) is 30.9. The molecule has 26 heavy (non-hydrogen) atoms. The van der Waals surface area contributed by atoms with Crippen LogP contribution in [0.4, 0.5) is 4.79 Å². The van der Waals surface area contributed by atoms with E-state index in [1.165, 1.54) is 4.90 Å². The number of imide groups is 1. The Morgan fingerprint density at radius 1 is 1.27 bits per heavy atom. The molecule has 1 aliphatic rings. The largest absolute Gasteiger partial charge is 0.325 e. The van der Waals surface area contributed by atoms with E-state index < -0.39 is 5.54 Å². The molecule has 1 fully saturated rings. The van der Waals surface area contributed by atoms with Crippen molar-refractivity contribution in [2.75, 3.05) is 0 Å². The van der Waals surface area contributed by atoms with Crippen LogP contribution in [0.2, 0.25) is 5.15 Å². The van der Waals surface area contributed by atoms with E-state index >= 15 is 0 Å². The van der Waals surface area contributed by atoms with Crippen LogP contribution in [0.3, 0.4) is 0 Å². The number of aromatic nitrogens is 1. The predicted molar refractivity (Wildman–Crippen MR) is 103 cm³/mol. The zero-order chi connectivity index (χ0) is 19.1. The van der Waals surface area contributed by atoms with Gasteiger partial charge in [0, 0.05) is 10.9 Å². The molecule has 0 unspecified atom stereocenters.